The molecule has 1 aromatic heterocycles. The van der Waals surface area contributed by atoms with Crippen molar-refractivity contribution in [1.82, 2.24) is 10.3 Å². The van der Waals surface area contributed by atoms with Crippen LogP contribution in [0.1, 0.15) is 31.4 Å². The standard InChI is InChI=1S/C20H27N3O2/c1-15(18-8-7-17(24-2)14-19(18)25-3)22-16-9-12-23(13-10-16)20-6-4-5-11-21-20/h4-8,11,14-16,22H,9-10,12-13H2,1-3H3/t15-/m0/s1. The molecule has 134 valence electrons. The van der Waals surface area contributed by atoms with Crippen molar-refractivity contribution < 1.29 is 9.47 Å². The van der Waals surface area contributed by atoms with Crippen LogP contribution in [-0.2, 0) is 0 Å². The lowest BCUT2D eigenvalue weighted by Gasteiger charge is -2.34. The van der Waals surface area contributed by atoms with Gasteiger partial charge in [-0.15, -0.1) is 0 Å². The van der Waals surface area contributed by atoms with Gasteiger partial charge in [0, 0.05) is 43.0 Å². The molecule has 0 amide bonds. The van der Waals surface area contributed by atoms with E-state index in [4.69, 9.17) is 9.47 Å². The summed E-state index contributed by atoms with van der Waals surface area (Å²) in [6.45, 7) is 4.25. The number of piperidine rings is 1. The second-order valence-electron chi connectivity index (χ2n) is 6.45. The van der Waals surface area contributed by atoms with Crippen LogP contribution in [0, 0.1) is 0 Å². The molecular weight excluding hydrogens is 314 g/mol. The summed E-state index contributed by atoms with van der Waals surface area (Å²) in [4.78, 5) is 6.81. The third-order valence-electron chi connectivity index (χ3n) is 4.86. The van der Waals surface area contributed by atoms with Gasteiger partial charge in [-0.05, 0) is 38.0 Å². The lowest BCUT2D eigenvalue weighted by Crippen LogP contribution is -2.43. The molecule has 5 heteroatoms. The number of hydrogen-bond acceptors (Lipinski definition) is 5. The molecule has 0 radical (unpaired) electrons. The summed E-state index contributed by atoms with van der Waals surface area (Å²) < 4.78 is 10.8. The maximum atomic E-state index is 5.54. The lowest BCUT2D eigenvalue weighted by atomic mass is 10.0. The quantitative estimate of drug-likeness (QED) is 0.872. The van der Waals surface area contributed by atoms with E-state index in [-0.39, 0.29) is 6.04 Å². The van der Waals surface area contributed by atoms with Crippen molar-refractivity contribution in [3.05, 3.63) is 48.2 Å². The highest BCUT2D eigenvalue weighted by molar-refractivity contribution is 5.42. The molecule has 1 aliphatic heterocycles. The van der Waals surface area contributed by atoms with Crippen molar-refractivity contribution in [2.24, 2.45) is 0 Å². The minimum atomic E-state index is 0.229. The van der Waals surface area contributed by atoms with Crippen LogP contribution in [0.15, 0.2) is 42.6 Å². The van der Waals surface area contributed by atoms with Crippen LogP contribution in [0.5, 0.6) is 11.5 Å². The van der Waals surface area contributed by atoms with Gasteiger partial charge in [-0.25, -0.2) is 4.98 Å². The van der Waals surface area contributed by atoms with Crippen LogP contribution >= 0.6 is 0 Å². The molecule has 0 unspecified atom stereocenters. The van der Waals surface area contributed by atoms with Crippen molar-refractivity contribution in [3.8, 4) is 11.5 Å². The van der Waals surface area contributed by atoms with Crippen molar-refractivity contribution >= 4 is 5.82 Å². The number of ether oxygens (including phenoxy) is 2. The highest BCUT2D eigenvalue weighted by Crippen LogP contribution is 2.30. The average Bonchev–Trinajstić information content (AvgIpc) is 2.68. The Kier molecular flexibility index (Phi) is 5.76. The topological polar surface area (TPSA) is 46.6 Å². The first-order valence-corrected chi connectivity index (χ1v) is 8.85. The molecule has 0 aliphatic carbocycles. The fraction of sp³-hybridized carbons (Fsp3) is 0.450. The summed E-state index contributed by atoms with van der Waals surface area (Å²) in [7, 11) is 3.38. The van der Waals surface area contributed by atoms with Crippen molar-refractivity contribution in [2.75, 3.05) is 32.2 Å². The van der Waals surface area contributed by atoms with E-state index in [0.717, 1.165) is 48.8 Å². The zero-order valence-corrected chi connectivity index (χ0v) is 15.2. The Morgan fingerprint density at radius 1 is 1.12 bits per heavy atom. The molecular formula is C20H27N3O2. The maximum absolute atomic E-state index is 5.54. The molecule has 1 N–H and O–H groups in total. The fourth-order valence-corrected chi connectivity index (χ4v) is 3.44. The van der Waals surface area contributed by atoms with Gasteiger partial charge in [-0.2, -0.15) is 0 Å². The van der Waals surface area contributed by atoms with Gasteiger partial charge < -0.3 is 19.7 Å². The average molecular weight is 341 g/mol. The van der Waals surface area contributed by atoms with E-state index in [1.54, 1.807) is 14.2 Å². The van der Waals surface area contributed by atoms with E-state index in [1.807, 2.05) is 30.5 Å². The molecule has 1 atom stereocenters. The number of aromatic nitrogens is 1. The maximum Gasteiger partial charge on any atom is 0.128 e. The van der Waals surface area contributed by atoms with E-state index >= 15 is 0 Å². The number of nitrogens with zero attached hydrogens (tertiary/aromatic N) is 2. The number of benzene rings is 1. The molecule has 25 heavy (non-hydrogen) atoms. The third kappa shape index (κ3) is 4.23. The van der Waals surface area contributed by atoms with Crippen molar-refractivity contribution in [2.45, 2.75) is 31.8 Å². The number of rotatable bonds is 6. The van der Waals surface area contributed by atoms with Gasteiger partial charge in [-0.1, -0.05) is 12.1 Å². The predicted molar refractivity (Wildman–Crippen MR) is 101 cm³/mol. The first-order chi connectivity index (χ1) is 12.2. The minimum absolute atomic E-state index is 0.229. The number of pyridine rings is 1. The predicted octanol–water partition coefficient (Wildman–Crippen LogP) is 3.42. The van der Waals surface area contributed by atoms with Gasteiger partial charge in [0.05, 0.1) is 14.2 Å². The van der Waals surface area contributed by atoms with E-state index in [0.29, 0.717) is 6.04 Å². The Bertz CT molecular complexity index is 670. The molecule has 3 rings (SSSR count). The largest absolute Gasteiger partial charge is 0.497 e. The van der Waals surface area contributed by atoms with Crippen LogP contribution < -0.4 is 19.7 Å². The van der Waals surface area contributed by atoms with Crippen LogP contribution in [0.3, 0.4) is 0 Å². The van der Waals surface area contributed by atoms with Gasteiger partial charge in [0.1, 0.15) is 17.3 Å². The zero-order valence-electron chi connectivity index (χ0n) is 15.2. The summed E-state index contributed by atoms with van der Waals surface area (Å²) in [5.74, 6) is 2.76. The first kappa shape index (κ1) is 17.5. The lowest BCUT2D eigenvalue weighted by molar-refractivity contribution is 0.360. The number of methoxy groups -OCH3 is 2. The van der Waals surface area contributed by atoms with Crippen molar-refractivity contribution in [1.29, 1.82) is 0 Å². The number of hydrogen-bond donors (Lipinski definition) is 1. The second-order valence-corrected chi connectivity index (χ2v) is 6.45. The monoisotopic (exact) mass is 341 g/mol. The van der Waals surface area contributed by atoms with E-state index in [9.17, 15) is 0 Å². The molecule has 1 fully saturated rings. The molecule has 2 heterocycles. The van der Waals surface area contributed by atoms with E-state index in [1.165, 1.54) is 0 Å². The van der Waals surface area contributed by atoms with E-state index in [2.05, 4.69) is 34.3 Å². The Labute approximate surface area is 150 Å². The summed E-state index contributed by atoms with van der Waals surface area (Å²) in [5, 5.41) is 3.75. The van der Waals surface area contributed by atoms with Gasteiger partial charge in [-0.3, -0.25) is 0 Å². The SMILES string of the molecule is COc1ccc([C@H](C)NC2CCN(c3ccccn3)CC2)c(OC)c1. The van der Waals surface area contributed by atoms with Crippen LogP contribution in [0.2, 0.25) is 0 Å². The Hall–Kier alpha value is -2.27. The highest BCUT2D eigenvalue weighted by Gasteiger charge is 2.22. The summed E-state index contributed by atoms with van der Waals surface area (Å²) in [6.07, 6.45) is 4.08. The highest BCUT2D eigenvalue weighted by atomic mass is 16.5. The van der Waals surface area contributed by atoms with E-state index < -0.39 is 0 Å². The molecule has 0 bridgehead atoms. The zero-order chi connectivity index (χ0) is 17.6. The molecule has 1 aliphatic rings. The molecule has 1 aromatic carbocycles. The van der Waals surface area contributed by atoms with Gasteiger partial charge in [0.2, 0.25) is 0 Å². The summed E-state index contributed by atoms with van der Waals surface area (Å²) >= 11 is 0. The molecule has 5 nitrogen and oxygen atoms in total. The first-order valence-electron chi connectivity index (χ1n) is 8.85. The molecule has 2 aromatic rings. The van der Waals surface area contributed by atoms with Gasteiger partial charge >= 0.3 is 0 Å². The Morgan fingerprint density at radius 3 is 2.56 bits per heavy atom. The Morgan fingerprint density at radius 2 is 1.92 bits per heavy atom. The Balaban J connectivity index is 1.58. The van der Waals surface area contributed by atoms with Gasteiger partial charge in [0.25, 0.3) is 0 Å². The third-order valence-corrected chi connectivity index (χ3v) is 4.86. The number of anilines is 1. The van der Waals surface area contributed by atoms with Gasteiger partial charge in [0.15, 0.2) is 0 Å². The normalized spacial score (nSPS) is 16.5. The minimum Gasteiger partial charge on any atom is -0.497 e. The summed E-state index contributed by atoms with van der Waals surface area (Å²) in [5.41, 5.74) is 1.16. The molecule has 1 saturated heterocycles. The fourth-order valence-electron chi connectivity index (χ4n) is 3.44. The van der Waals surface area contributed by atoms with Crippen LogP contribution in [0.4, 0.5) is 5.82 Å². The van der Waals surface area contributed by atoms with Crippen LogP contribution in [-0.4, -0.2) is 38.3 Å². The number of nitrogens with one attached hydrogen (secondary N) is 1. The van der Waals surface area contributed by atoms with Crippen molar-refractivity contribution in [3.63, 3.8) is 0 Å². The van der Waals surface area contributed by atoms with Crippen LogP contribution in [0.25, 0.3) is 0 Å². The second kappa shape index (κ2) is 8.21. The summed E-state index contributed by atoms with van der Waals surface area (Å²) in [6, 6.07) is 12.8. The smallest absolute Gasteiger partial charge is 0.128 e. The molecule has 0 spiro atoms. The molecule has 0 saturated carbocycles.